The summed E-state index contributed by atoms with van der Waals surface area (Å²) in [5.74, 6) is -2.00. The van der Waals surface area contributed by atoms with Gasteiger partial charge in [-0.25, -0.2) is 4.79 Å². The van der Waals surface area contributed by atoms with Gasteiger partial charge in [0, 0.05) is 18.5 Å². The van der Waals surface area contributed by atoms with E-state index >= 15 is 0 Å². The maximum atomic E-state index is 12.4. The predicted octanol–water partition coefficient (Wildman–Crippen LogP) is 3.30. The number of amides is 2. The van der Waals surface area contributed by atoms with Crippen molar-refractivity contribution in [1.29, 1.82) is 0 Å². The van der Waals surface area contributed by atoms with E-state index in [1.807, 2.05) is 24.3 Å². The van der Waals surface area contributed by atoms with Gasteiger partial charge in [0.25, 0.3) is 0 Å². The second kappa shape index (κ2) is 10.3. The standard InChI is InChI=1S/C26H30N2O6/c1-15(25(30)31)16(2)28-24(29)23-12-11-17(34-23)13-27-26(32)33-14-22-20-9-5-3-7-18(20)19-8-4-6-10-21(19)22/h3-10,15-17,22-23H,11-14H2,1-2H3,(H,27,32)(H,28,29)(H,30,31). The number of aliphatic carboxylic acids is 1. The molecule has 8 nitrogen and oxygen atoms in total. The van der Waals surface area contributed by atoms with Gasteiger partial charge in [0.05, 0.1) is 12.0 Å². The number of fused-ring (bicyclic) bond motifs is 3. The summed E-state index contributed by atoms with van der Waals surface area (Å²) in [6.07, 6.45) is -0.356. The Bertz CT molecular complexity index is 1030. The van der Waals surface area contributed by atoms with Crippen molar-refractivity contribution in [1.82, 2.24) is 10.6 Å². The van der Waals surface area contributed by atoms with Crippen molar-refractivity contribution in [2.75, 3.05) is 13.2 Å². The maximum Gasteiger partial charge on any atom is 0.407 e. The third kappa shape index (κ3) is 5.07. The van der Waals surface area contributed by atoms with Gasteiger partial charge in [-0.1, -0.05) is 48.5 Å². The van der Waals surface area contributed by atoms with Gasteiger partial charge in [-0.2, -0.15) is 0 Å². The van der Waals surface area contributed by atoms with E-state index in [0.29, 0.717) is 12.8 Å². The van der Waals surface area contributed by atoms with Crippen molar-refractivity contribution in [3.63, 3.8) is 0 Å². The molecule has 8 heteroatoms. The number of rotatable bonds is 8. The first kappa shape index (κ1) is 23.8. The molecule has 1 saturated heterocycles. The van der Waals surface area contributed by atoms with Crippen LogP contribution in [-0.2, 0) is 19.1 Å². The van der Waals surface area contributed by atoms with Gasteiger partial charge in [0.15, 0.2) is 0 Å². The van der Waals surface area contributed by atoms with Gasteiger partial charge in [-0.15, -0.1) is 0 Å². The van der Waals surface area contributed by atoms with E-state index in [9.17, 15) is 14.4 Å². The molecule has 2 aromatic rings. The van der Waals surface area contributed by atoms with Crippen LogP contribution in [0.15, 0.2) is 48.5 Å². The highest BCUT2D eigenvalue weighted by atomic mass is 16.5. The average molecular weight is 467 g/mol. The molecule has 1 heterocycles. The Kier molecular flexibility index (Phi) is 7.17. The smallest absolute Gasteiger partial charge is 0.407 e. The number of nitrogens with one attached hydrogen (secondary N) is 2. The number of carbonyl (C=O) groups is 3. The lowest BCUT2D eigenvalue weighted by atomic mass is 9.98. The Morgan fingerprint density at radius 1 is 1.03 bits per heavy atom. The topological polar surface area (TPSA) is 114 Å². The van der Waals surface area contributed by atoms with Crippen LogP contribution in [0.1, 0.15) is 43.7 Å². The highest BCUT2D eigenvalue weighted by molar-refractivity contribution is 5.82. The lowest BCUT2D eigenvalue weighted by molar-refractivity contribution is -0.142. The van der Waals surface area contributed by atoms with Gasteiger partial charge in [0.2, 0.25) is 5.91 Å². The molecule has 4 unspecified atom stereocenters. The lowest BCUT2D eigenvalue weighted by Gasteiger charge is -2.20. The number of carboxylic acid groups (broad SMARTS) is 1. The molecule has 2 aliphatic rings. The second-order valence-electron chi connectivity index (χ2n) is 8.95. The van der Waals surface area contributed by atoms with E-state index in [1.165, 1.54) is 11.1 Å². The zero-order chi connectivity index (χ0) is 24.2. The molecule has 4 atom stereocenters. The number of carbonyl (C=O) groups excluding carboxylic acids is 2. The molecule has 1 aliphatic heterocycles. The third-order valence-corrected chi connectivity index (χ3v) is 6.73. The van der Waals surface area contributed by atoms with Crippen molar-refractivity contribution in [2.24, 2.45) is 5.92 Å². The summed E-state index contributed by atoms with van der Waals surface area (Å²) in [5.41, 5.74) is 4.64. The van der Waals surface area contributed by atoms with Crippen molar-refractivity contribution in [2.45, 2.75) is 50.9 Å². The van der Waals surface area contributed by atoms with Crippen molar-refractivity contribution < 1.29 is 29.0 Å². The van der Waals surface area contributed by atoms with E-state index in [4.69, 9.17) is 14.6 Å². The molecular formula is C26H30N2O6. The van der Waals surface area contributed by atoms with Crippen molar-refractivity contribution >= 4 is 18.0 Å². The molecule has 4 rings (SSSR count). The molecule has 0 aromatic heterocycles. The molecule has 0 radical (unpaired) electrons. The van der Waals surface area contributed by atoms with Gasteiger partial charge in [-0.05, 0) is 48.9 Å². The van der Waals surface area contributed by atoms with E-state index < -0.39 is 30.1 Å². The van der Waals surface area contributed by atoms with Crippen LogP contribution < -0.4 is 10.6 Å². The summed E-state index contributed by atoms with van der Waals surface area (Å²) in [4.78, 5) is 35.8. The minimum Gasteiger partial charge on any atom is -0.481 e. The second-order valence-corrected chi connectivity index (χ2v) is 8.95. The molecule has 1 aliphatic carbocycles. The number of benzene rings is 2. The van der Waals surface area contributed by atoms with Crippen LogP contribution in [0.4, 0.5) is 4.79 Å². The first-order chi connectivity index (χ1) is 16.3. The molecule has 1 fully saturated rings. The number of hydrogen-bond acceptors (Lipinski definition) is 5. The zero-order valence-electron chi connectivity index (χ0n) is 19.3. The summed E-state index contributed by atoms with van der Waals surface area (Å²) in [6, 6.07) is 15.8. The first-order valence-electron chi connectivity index (χ1n) is 11.6. The Balaban J connectivity index is 1.23. The maximum absolute atomic E-state index is 12.4. The Hall–Kier alpha value is -3.39. The van der Waals surface area contributed by atoms with E-state index in [-0.39, 0.29) is 31.1 Å². The fraction of sp³-hybridized carbons (Fsp3) is 0.423. The number of alkyl carbamates (subject to hydrolysis) is 1. The third-order valence-electron chi connectivity index (χ3n) is 6.73. The fourth-order valence-corrected chi connectivity index (χ4v) is 4.55. The summed E-state index contributed by atoms with van der Waals surface area (Å²) in [7, 11) is 0. The van der Waals surface area contributed by atoms with Crippen LogP contribution in [0, 0.1) is 5.92 Å². The molecule has 2 amide bonds. The van der Waals surface area contributed by atoms with Crippen molar-refractivity contribution in [3.8, 4) is 11.1 Å². The quantitative estimate of drug-likeness (QED) is 0.550. The number of ether oxygens (including phenoxy) is 2. The molecule has 0 spiro atoms. The number of carboxylic acids is 1. The van der Waals surface area contributed by atoms with Crippen molar-refractivity contribution in [3.05, 3.63) is 59.7 Å². The highest BCUT2D eigenvalue weighted by Crippen LogP contribution is 2.44. The van der Waals surface area contributed by atoms with Crippen LogP contribution >= 0.6 is 0 Å². The normalized spacial score (nSPS) is 20.6. The van der Waals surface area contributed by atoms with Gasteiger partial charge in [0.1, 0.15) is 12.7 Å². The van der Waals surface area contributed by atoms with Crippen LogP contribution in [-0.4, -0.2) is 54.5 Å². The van der Waals surface area contributed by atoms with Gasteiger partial charge < -0.3 is 25.2 Å². The van der Waals surface area contributed by atoms with Gasteiger partial charge in [-0.3, -0.25) is 9.59 Å². The fourth-order valence-electron chi connectivity index (χ4n) is 4.55. The summed E-state index contributed by atoms with van der Waals surface area (Å²) in [5, 5.41) is 14.5. The Morgan fingerprint density at radius 3 is 2.26 bits per heavy atom. The summed E-state index contributed by atoms with van der Waals surface area (Å²) >= 11 is 0. The van der Waals surface area contributed by atoms with Crippen LogP contribution in [0.2, 0.25) is 0 Å². The van der Waals surface area contributed by atoms with Crippen LogP contribution in [0.25, 0.3) is 11.1 Å². The minimum atomic E-state index is -0.967. The molecule has 3 N–H and O–H groups in total. The van der Waals surface area contributed by atoms with Gasteiger partial charge >= 0.3 is 12.1 Å². The minimum absolute atomic E-state index is 0.0101. The SMILES string of the molecule is CC(NC(=O)C1CCC(CNC(=O)OCC2c3ccccc3-c3ccccc32)O1)C(C)C(=O)O. The lowest BCUT2D eigenvalue weighted by Crippen LogP contribution is -2.45. The Morgan fingerprint density at radius 2 is 1.65 bits per heavy atom. The van der Waals surface area contributed by atoms with E-state index in [2.05, 4.69) is 34.9 Å². The summed E-state index contributed by atoms with van der Waals surface area (Å²) in [6.45, 7) is 3.67. The largest absolute Gasteiger partial charge is 0.481 e. The molecule has 0 bridgehead atoms. The van der Waals surface area contributed by atoms with E-state index in [0.717, 1.165) is 11.1 Å². The first-order valence-corrected chi connectivity index (χ1v) is 11.6. The molecule has 34 heavy (non-hydrogen) atoms. The predicted molar refractivity (Wildman–Crippen MR) is 125 cm³/mol. The highest BCUT2D eigenvalue weighted by Gasteiger charge is 2.33. The molecule has 0 saturated carbocycles. The number of hydrogen-bond donors (Lipinski definition) is 3. The molecule has 2 aromatic carbocycles. The Labute approximate surface area is 198 Å². The monoisotopic (exact) mass is 466 g/mol. The molecular weight excluding hydrogens is 436 g/mol. The van der Waals surface area contributed by atoms with E-state index in [1.54, 1.807) is 13.8 Å². The average Bonchev–Trinajstić information content (AvgIpc) is 3.44. The van der Waals surface area contributed by atoms with Crippen LogP contribution in [0.5, 0.6) is 0 Å². The van der Waals surface area contributed by atoms with Crippen LogP contribution in [0.3, 0.4) is 0 Å². The summed E-state index contributed by atoms with van der Waals surface area (Å²) < 4.78 is 11.3. The molecule has 180 valence electrons. The zero-order valence-corrected chi connectivity index (χ0v) is 19.3.